The lowest BCUT2D eigenvalue weighted by atomic mass is 10.2. The summed E-state index contributed by atoms with van der Waals surface area (Å²) in [6, 6.07) is 17.3. The van der Waals surface area contributed by atoms with Crippen molar-refractivity contribution in [3.05, 3.63) is 72.2 Å². The number of para-hydroxylation sites is 1. The number of imidazole rings is 1. The topological polar surface area (TPSA) is 90.2 Å². The first-order chi connectivity index (χ1) is 15.5. The van der Waals surface area contributed by atoms with Gasteiger partial charge in [-0.1, -0.05) is 54.6 Å². The van der Waals surface area contributed by atoms with Crippen molar-refractivity contribution in [2.45, 2.75) is 33.7 Å². The summed E-state index contributed by atoms with van der Waals surface area (Å²) in [6.07, 6.45) is 2.59. The molecule has 1 heterocycles. The maximum atomic E-state index is 13.2. The molecule has 0 fully saturated rings. The van der Waals surface area contributed by atoms with Gasteiger partial charge in [-0.25, -0.2) is 9.55 Å². The number of amides is 1. The number of anilines is 2. The zero-order valence-electron chi connectivity index (χ0n) is 18.5. The Morgan fingerprint density at radius 2 is 1.72 bits per heavy atom. The monoisotopic (exact) mass is 450 g/mol. The van der Waals surface area contributed by atoms with Gasteiger partial charge in [-0.15, -0.1) is 0 Å². The van der Waals surface area contributed by atoms with Crippen LogP contribution in [0, 0.1) is 6.92 Å². The van der Waals surface area contributed by atoms with E-state index in [4.69, 9.17) is 4.99 Å². The van der Waals surface area contributed by atoms with Crippen LogP contribution in [0.25, 0.3) is 0 Å². The Hall–Kier alpha value is -3.39. The number of hydrogen-bond donors (Lipinski definition) is 3. The van der Waals surface area contributed by atoms with Gasteiger partial charge in [-0.3, -0.25) is 9.59 Å². The number of ketones is 1. The first-order valence-electron chi connectivity index (χ1n) is 10.5. The van der Waals surface area contributed by atoms with E-state index in [-0.39, 0.29) is 18.2 Å². The number of aliphatic imine (C=N–C) groups is 1. The van der Waals surface area contributed by atoms with Crippen molar-refractivity contribution in [2.75, 3.05) is 16.4 Å². The molecule has 0 radical (unpaired) electrons. The van der Waals surface area contributed by atoms with Crippen LogP contribution in [-0.2, 0) is 11.3 Å². The molecule has 1 aromatic heterocycles. The molecule has 0 saturated carbocycles. The van der Waals surface area contributed by atoms with Crippen LogP contribution < -0.4 is 15.2 Å². The van der Waals surface area contributed by atoms with E-state index in [2.05, 4.69) is 22.5 Å². The van der Waals surface area contributed by atoms with Gasteiger partial charge in [-0.05, 0) is 44.5 Å². The summed E-state index contributed by atoms with van der Waals surface area (Å²) < 4.78 is 1.59. The second-order valence-corrected chi connectivity index (χ2v) is 8.46. The molecular formula is C24H28N5O2S+. The third-order valence-electron chi connectivity index (χ3n) is 4.47. The molecule has 3 N–H and O–H groups in total. The molecule has 3 rings (SSSR count). The molecule has 0 atom stereocenters. The normalized spacial score (nSPS) is 11.3. The van der Waals surface area contributed by atoms with Gasteiger partial charge in [0.2, 0.25) is 6.33 Å². The Balaban J connectivity index is 1.95. The number of aryl methyl sites for hydroxylation is 1. The van der Waals surface area contributed by atoms with E-state index in [1.165, 1.54) is 6.92 Å². The number of benzene rings is 2. The fraction of sp³-hybridized carbons (Fsp3) is 0.250. The Kier molecular flexibility index (Phi) is 8.21. The van der Waals surface area contributed by atoms with E-state index >= 15 is 0 Å². The van der Waals surface area contributed by atoms with Crippen molar-refractivity contribution < 1.29 is 14.2 Å². The predicted octanol–water partition coefficient (Wildman–Crippen LogP) is 4.69. The SMILES string of the molecule is CCCSC(=Nc1[nH]c[n+](CC(C)=O)c1C(=O)Nc1ccc(C)cc1)Nc1ccccc1. The van der Waals surface area contributed by atoms with Gasteiger partial charge in [0.05, 0.1) is 0 Å². The maximum Gasteiger partial charge on any atom is 0.301 e. The minimum atomic E-state index is -0.338. The number of H-pyrrole nitrogens is 1. The lowest BCUT2D eigenvalue weighted by molar-refractivity contribution is -0.684. The number of nitrogens with zero attached hydrogens (tertiary/aromatic N) is 2. The average Bonchev–Trinajstić information content (AvgIpc) is 3.15. The number of aromatic nitrogens is 2. The van der Waals surface area contributed by atoms with Crippen LogP contribution >= 0.6 is 11.8 Å². The Morgan fingerprint density at radius 3 is 2.38 bits per heavy atom. The third kappa shape index (κ3) is 6.55. The predicted molar refractivity (Wildman–Crippen MR) is 131 cm³/mol. The van der Waals surface area contributed by atoms with E-state index in [1.54, 1.807) is 22.7 Å². The van der Waals surface area contributed by atoms with Gasteiger partial charge in [0, 0.05) is 17.1 Å². The van der Waals surface area contributed by atoms with Crippen LogP contribution in [0.15, 0.2) is 65.9 Å². The number of nitrogens with one attached hydrogen (secondary N) is 3. The fourth-order valence-corrected chi connectivity index (χ4v) is 3.71. The fourth-order valence-electron chi connectivity index (χ4n) is 2.96. The number of carbonyl (C=O) groups excluding carboxylic acids is 2. The molecule has 3 aromatic rings. The summed E-state index contributed by atoms with van der Waals surface area (Å²) in [5.41, 5.74) is 2.98. The van der Waals surface area contributed by atoms with Crippen LogP contribution in [0.1, 0.15) is 36.3 Å². The van der Waals surface area contributed by atoms with E-state index in [1.807, 2.05) is 61.5 Å². The van der Waals surface area contributed by atoms with Crippen LogP contribution in [0.5, 0.6) is 0 Å². The smallest absolute Gasteiger partial charge is 0.301 e. The average molecular weight is 451 g/mol. The second kappa shape index (κ2) is 11.3. The van der Waals surface area contributed by atoms with Crippen molar-refractivity contribution in [3.8, 4) is 0 Å². The summed E-state index contributed by atoms with van der Waals surface area (Å²) >= 11 is 1.57. The molecule has 2 aromatic carbocycles. The Morgan fingerprint density at radius 1 is 1.03 bits per heavy atom. The quantitative estimate of drug-likeness (QED) is 0.264. The van der Waals surface area contributed by atoms with Crippen LogP contribution in [0.2, 0.25) is 0 Å². The molecule has 0 aliphatic heterocycles. The summed E-state index contributed by atoms with van der Waals surface area (Å²) in [7, 11) is 0. The van der Waals surface area contributed by atoms with Gasteiger partial charge in [0.25, 0.3) is 11.5 Å². The van der Waals surface area contributed by atoms with Gasteiger partial charge < -0.3 is 10.6 Å². The van der Waals surface area contributed by atoms with Crippen LogP contribution in [-0.4, -0.2) is 27.6 Å². The van der Waals surface area contributed by atoms with Gasteiger partial charge in [0.1, 0.15) is 6.54 Å². The highest BCUT2D eigenvalue weighted by Gasteiger charge is 2.27. The Bertz CT molecular complexity index is 1090. The molecule has 0 saturated heterocycles. The lowest BCUT2D eigenvalue weighted by Gasteiger charge is -2.09. The largest absolute Gasteiger partial charge is 0.335 e. The van der Waals surface area contributed by atoms with E-state index in [9.17, 15) is 9.59 Å². The number of Topliss-reactive ketones (excluding diaryl/α,β-unsaturated/α-hetero) is 1. The third-order valence-corrected chi connectivity index (χ3v) is 5.55. The molecule has 0 aliphatic carbocycles. The van der Waals surface area contributed by atoms with E-state index in [0.717, 1.165) is 23.4 Å². The lowest BCUT2D eigenvalue weighted by Crippen LogP contribution is -2.42. The summed E-state index contributed by atoms with van der Waals surface area (Å²) in [5.74, 6) is 0.863. The van der Waals surface area contributed by atoms with Crippen molar-refractivity contribution in [1.82, 2.24) is 4.98 Å². The van der Waals surface area contributed by atoms with Gasteiger partial charge in [0.15, 0.2) is 11.0 Å². The molecule has 0 bridgehead atoms. The molecule has 0 spiro atoms. The van der Waals surface area contributed by atoms with Crippen LogP contribution in [0.3, 0.4) is 0 Å². The summed E-state index contributed by atoms with van der Waals surface area (Å²) in [5, 5.41) is 6.89. The number of hydrogen-bond acceptors (Lipinski definition) is 4. The van der Waals surface area contributed by atoms with Crippen LogP contribution in [0.4, 0.5) is 17.2 Å². The molecule has 0 unspecified atom stereocenters. The first-order valence-corrected chi connectivity index (χ1v) is 11.5. The number of amidine groups is 1. The minimum Gasteiger partial charge on any atom is -0.335 e. The zero-order chi connectivity index (χ0) is 22.9. The van der Waals surface area contributed by atoms with E-state index in [0.29, 0.717) is 22.4 Å². The number of thioether (sulfide) groups is 1. The van der Waals surface area contributed by atoms with Crippen molar-refractivity contribution in [2.24, 2.45) is 4.99 Å². The molecule has 7 nitrogen and oxygen atoms in total. The first kappa shape index (κ1) is 23.3. The molecule has 0 aliphatic rings. The highest BCUT2D eigenvalue weighted by Crippen LogP contribution is 2.20. The minimum absolute atomic E-state index is 0.0584. The maximum absolute atomic E-state index is 13.2. The molecule has 166 valence electrons. The number of carbonyl (C=O) groups is 2. The van der Waals surface area contributed by atoms with Gasteiger partial charge >= 0.3 is 5.91 Å². The molecule has 1 amide bonds. The zero-order valence-corrected chi connectivity index (χ0v) is 19.3. The molecule has 8 heteroatoms. The second-order valence-electron chi connectivity index (χ2n) is 7.38. The van der Waals surface area contributed by atoms with Crippen molar-refractivity contribution in [1.29, 1.82) is 0 Å². The Labute approximate surface area is 192 Å². The van der Waals surface area contributed by atoms with Crippen molar-refractivity contribution >= 4 is 45.8 Å². The number of aromatic amines is 1. The van der Waals surface area contributed by atoms with Gasteiger partial charge in [-0.2, -0.15) is 4.99 Å². The molecule has 32 heavy (non-hydrogen) atoms. The van der Waals surface area contributed by atoms with Crippen molar-refractivity contribution in [3.63, 3.8) is 0 Å². The molecular weight excluding hydrogens is 422 g/mol. The highest BCUT2D eigenvalue weighted by atomic mass is 32.2. The summed E-state index contributed by atoms with van der Waals surface area (Å²) in [4.78, 5) is 32.7. The van der Waals surface area contributed by atoms with E-state index < -0.39 is 0 Å². The highest BCUT2D eigenvalue weighted by molar-refractivity contribution is 8.14. The standard InChI is InChI=1S/C24H27N5O2S/c1-4-14-32-24(27-19-8-6-5-7-9-19)28-22-21(29(16-25-22)15-18(3)30)23(31)26-20-12-10-17(2)11-13-20/h5-13,16H,4,14-15H2,1-3H3,(H2,26,27,28,31)/p+1. The summed E-state index contributed by atoms with van der Waals surface area (Å²) in [6.45, 7) is 5.65. The number of rotatable bonds is 8.